The summed E-state index contributed by atoms with van der Waals surface area (Å²) in [7, 11) is -4.22. The van der Waals surface area contributed by atoms with Crippen molar-refractivity contribution in [2.75, 3.05) is 18.5 Å². The quantitative estimate of drug-likeness (QED) is 0.561. The van der Waals surface area contributed by atoms with Gasteiger partial charge in [-0.3, -0.25) is 4.79 Å². The van der Waals surface area contributed by atoms with Gasteiger partial charge in [-0.05, 0) is 18.2 Å². The number of sulfonamides is 1. The average Bonchev–Trinajstić information content (AvgIpc) is 2.34. The lowest BCUT2D eigenvalue weighted by atomic mass is 10.3. The standard InChI is InChI=1S/C11H15FN2O5S/c1-7(17)13-8-2-3-11(10(12)4-8)20(18,19)14-9(5-15)6-16/h2-4,9,14-16H,5-6H2,1H3,(H,13,17). The van der Waals surface area contributed by atoms with Crippen molar-refractivity contribution >= 4 is 21.6 Å². The molecule has 0 saturated heterocycles. The van der Waals surface area contributed by atoms with Crippen molar-refractivity contribution in [3.05, 3.63) is 24.0 Å². The molecule has 0 aliphatic carbocycles. The molecule has 0 saturated carbocycles. The van der Waals surface area contributed by atoms with Crippen LogP contribution >= 0.6 is 0 Å². The molecule has 0 aliphatic rings. The number of benzene rings is 1. The van der Waals surface area contributed by atoms with Crippen LogP contribution < -0.4 is 10.0 Å². The van der Waals surface area contributed by atoms with Crippen LogP contribution in [0.5, 0.6) is 0 Å². The molecule has 0 bridgehead atoms. The first kappa shape index (κ1) is 16.5. The first-order valence-corrected chi connectivity index (χ1v) is 7.09. The number of halogens is 1. The molecule has 1 rings (SSSR count). The summed E-state index contributed by atoms with van der Waals surface area (Å²) in [6, 6.07) is 1.96. The minimum atomic E-state index is -4.22. The van der Waals surface area contributed by atoms with Gasteiger partial charge in [-0.25, -0.2) is 17.5 Å². The Balaban J connectivity index is 3.04. The van der Waals surface area contributed by atoms with Gasteiger partial charge < -0.3 is 15.5 Å². The number of rotatable bonds is 6. The Kier molecular flexibility index (Phi) is 5.57. The second kappa shape index (κ2) is 6.75. The fourth-order valence-corrected chi connectivity index (χ4v) is 2.69. The molecule has 1 aromatic rings. The van der Waals surface area contributed by atoms with Gasteiger partial charge in [-0.2, -0.15) is 0 Å². The fraction of sp³-hybridized carbons (Fsp3) is 0.364. The van der Waals surface area contributed by atoms with E-state index in [1.54, 1.807) is 0 Å². The number of hydrogen-bond acceptors (Lipinski definition) is 5. The second-order valence-electron chi connectivity index (χ2n) is 4.01. The minimum absolute atomic E-state index is 0.120. The van der Waals surface area contributed by atoms with Crippen LogP contribution in [-0.2, 0) is 14.8 Å². The zero-order valence-corrected chi connectivity index (χ0v) is 11.4. The van der Waals surface area contributed by atoms with E-state index in [-0.39, 0.29) is 5.69 Å². The molecule has 0 heterocycles. The van der Waals surface area contributed by atoms with Crippen molar-refractivity contribution in [1.29, 1.82) is 0 Å². The van der Waals surface area contributed by atoms with Crippen LogP contribution in [0.15, 0.2) is 23.1 Å². The predicted molar refractivity (Wildman–Crippen MR) is 69.0 cm³/mol. The first-order chi connectivity index (χ1) is 9.30. The molecule has 9 heteroatoms. The molecule has 0 aromatic heterocycles. The number of nitrogens with one attached hydrogen (secondary N) is 2. The third-order valence-corrected chi connectivity index (χ3v) is 3.86. The number of aliphatic hydroxyl groups is 2. The number of carbonyl (C=O) groups is 1. The zero-order valence-electron chi connectivity index (χ0n) is 10.6. The van der Waals surface area contributed by atoms with Gasteiger partial charge in [-0.1, -0.05) is 0 Å². The van der Waals surface area contributed by atoms with Crippen LogP contribution in [-0.4, -0.2) is 43.8 Å². The summed E-state index contributed by atoms with van der Waals surface area (Å²) in [5, 5.41) is 20.0. The second-order valence-corrected chi connectivity index (χ2v) is 5.69. The monoisotopic (exact) mass is 306 g/mol. The molecule has 1 aromatic carbocycles. The smallest absolute Gasteiger partial charge is 0.243 e. The van der Waals surface area contributed by atoms with Gasteiger partial charge in [0.25, 0.3) is 0 Å². The summed E-state index contributed by atoms with van der Waals surface area (Å²) < 4.78 is 39.4. The van der Waals surface area contributed by atoms with Crippen LogP contribution in [0.1, 0.15) is 6.92 Å². The van der Waals surface area contributed by atoms with Crippen LogP contribution in [0.2, 0.25) is 0 Å². The summed E-state index contributed by atoms with van der Waals surface area (Å²) in [6.45, 7) is -0.0140. The van der Waals surface area contributed by atoms with Gasteiger partial charge in [0.15, 0.2) is 0 Å². The maximum Gasteiger partial charge on any atom is 0.243 e. The van der Waals surface area contributed by atoms with Crippen molar-refractivity contribution in [3.63, 3.8) is 0 Å². The van der Waals surface area contributed by atoms with Crippen molar-refractivity contribution in [1.82, 2.24) is 4.72 Å². The maximum absolute atomic E-state index is 13.8. The van der Waals surface area contributed by atoms with E-state index in [2.05, 4.69) is 5.32 Å². The first-order valence-electron chi connectivity index (χ1n) is 5.61. The Bertz CT molecular complexity index is 586. The van der Waals surface area contributed by atoms with Crippen LogP contribution in [0.25, 0.3) is 0 Å². The molecule has 112 valence electrons. The molecular formula is C11H15FN2O5S. The average molecular weight is 306 g/mol. The number of amides is 1. The van der Waals surface area contributed by atoms with E-state index in [4.69, 9.17) is 10.2 Å². The van der Waals surface area contributed by atoms with Crippen LogP contribution in [0.3, 0.4) is 0 Å². The fourth-order valence-electron chi connectivity index (χ4n) is 1.41. The van der Waals surface area contributed by atoms with Crippen molar-refractivity contribution < 1.29 is 27.8 Å². The molecule has 0 unspecified atom stereocenters. The minimum Gasteiger partial charge on any atom is -0.395 e. The van der Waals surface area contributed by atoms with E-state index in [9.17, 15) is 17.6 Å². The van der Waals surface area contributed by atoms with Gasteiger partial charge in [0, 0.05) is 12.6 Å². The molecule has 20 heavy (non-hydrogen) atoms. The number of hydrogen-bond donors (Lipinski definition) is 4. The van der Waals surface area contributed by atoms with Gasteiger partial charge in [-0.15, -0.1) is 0 Å². The van der Waals surface area contributed by atoms with Gasteiger partial charge >= 0.3 is 0 Å². The van der Waals surface area contributed by atoms with E-state index in [0.29, 0.717) is 0 Å². The molecule has 7 nitrogen and oxygen atoms in total. The number of aliphatic hydroxyl groups excluding tert-OH is 2. The molecule has 0 atom stereocenters. The van der Waals surface area contributed by atoms with E-state index in [1.165, 1.54) is 13.0 Å². The largest absolute Gasteiger partial charge is 0.395 e. The van der Waals surface area contributed by atoms with Crippen LogP contribution in [0, 0.1) is 5.82 Å². The summed E-state index contributed by atoms with van der Waals surface area (Å²) >= 11 is 0. The molecule has 0 radical (unpaired) electrons. The van der Waals surface area contributed by atoms with E-state index in [1.807, 2.05) is 4.72 Å². The lowest BCUT2D eigenvalue weighted by Crippen LogP contribution is -2.40. The SMILES string of the molecule is CC(=O)Nc1ccc(S(=O)(=O)NC(CO)CO)c(F)c1. The van der Waals surface area contributed by atoms with Crippen LogP contribution in [0.4, 0.5) is 10.1 Å². The highest BCUT2D eigenvalue weighted by Gasteiger charge is 2.22. The summed E-state index contributed by atoms with van der Waals surface area (Å²) in [4.78, 5) is 10.2. The Morgan fingerprint density at radius 1 is 1.35 bits per heavy atom. The Morgan fingerprint density at radius 3 is 2.40 bits per heavy atom. The zero-order chi connectivity index (χ0) is 15.3. The van der Waals surface area contributed by atoms with E-state index < -0.39 is 45.9 Å². The highest BCUT2D eigenvalue weighted by atomic mass is 32.2. The molecule has 0 aliphatic heterocycles. The summed E-state index contributed by atoms with van der Waals surface area (Å²) in [5.41, 5.74) is 0.120. The molecule has 1 amide bonds. The van der Waals surface area contributed by atoms with Crippen molar-refractivity contribution in [2.24, 2.45) is 0 Å². The predicted octanol–water partition coefficient (Wildman–Crippen LogP) is -0.584. The number of anilines is 1. The maximum atomic E-state index is 13.8. The summed E-state index contributed by atoms with van der Waals surface area (Å²) in [6.07, 6.45) is 0. The lowest BCUT2D eigenvalue weighted by Gasteiger charge is -2.14. The molecule has 0 fully saturated rings. The normalized spacial score (nSPS) is 11.7. The Labute approximate surface area is 115 Å². The molecule has 0 spiro atoms. The third-order valence-electron chi connectivity index (χ3n) is 2.30. The molecule has 4 N–H and O–H groups in total. The highest BCUT2D eigenvalue weighted by molar-refractivity contribution is 7.89. The lowest BCUT2D eigenvalue weighted by molar-refractivity contribution is -0.114. The van der Waals surface area contributed by atoms with Crippen molar-refractivity contribution in [3.8, 4) is 0 Å². The van der Waals surface area contributed by atoms with Gasteiger partial charge in [0.2, 0.25) is 15.9 Å². The third kappa shape index (κ3) is 4.23. The Hall–Kier alpha value is -1.55. The summed E-state index contributed by atoms with van der Waals surface area (Å²) in [5.74, 6) is -1.47. The molecular weight excluding hydrogens is 291 g/mol. The van der Waals surface area contributed by atoms with Crippen molar-refractivity contribution in [2.45, 2.75) is 17.9 Å². The van der Waals surface area contributed by atoms with E-state index in [0.717, 1.165) is 12.1 Å². The van der Waals surface area contributed by atoms with E-state index >= 15 is 0 Å². The van der Waals surface area contributed by atoms with Gasteiger partial charge in [0.05, 0.1) is 19.3 Å². The highest BCUT2D eigenvalue weighted by Crippen LogP contribution is 2.19. The number of carbonyl (C=O) groups excluding carboxylic acids is 1. The topological polar surface area (TPSA) is 116 Å². The Morgan fingerprint density at radius 2 is 1.95 bits per heavy atom. The van der Waals surface area contributed by atoms with Gasteiger partial charge in [0.1, 0.15) is 10.7 Å².